The van der Waals surface area contributed by atoms with Crippen LogP contribution in [0, 0.1) is 0 Å². The fourth-order valence-corrected chi connectivity index (χ4v) is 2.04. The highest BCUT2D eigenvalue weighted by Gasteiger charge is 2.18. The van der Waals surface area contributed by atoms with Crippen molar-refractivity contribution in [2.24, 2.45) is 0 Å². The third-order valence-electron chi connectivity index (χ3n) is 3.06. The van der Waals surface area contributed by atoms with Crippen LogP contribution in [-0.4, -0.2) is 16.6 Å². The molecule has 0 saturated carbocycles. The highest BCUT2D eigenvalue weighted by Crippen LogP contribution is 2.23. The van der Waals surface area contributed by atoms with Gasteiger partial charge in [0.05, 0.1) is 5.69 Å². The lowest BCUT2D eigenvalue weighted by atomic mass is 10.1. The van der Waals surface area contributed by atoms with Crippen LogP contribution in [0.2, 0.25) is 0 Å². The maximum Gasteiger partial charge on any atom is 0.251 e. The summed E-state index contributed by atoms with van der Waals surface area (Å²) in [5, 5.41) is 0. The first-order valence-corrected chi connectivity index (χ1v) is 6.89. The van der Waals surface area contributed by atoms with Crippen LogP contribution in [0.3, 0.4) is 0 Å². The van der Waals surface area contributed by atoms with E-state index in [-0.39, 0.29) is 17.6 Å². The standard InChI is InChI=1S/C16H20N2O2/c1-4-20-15(12-8-6-5-7-9-12)16-17-13(11(2)3)10-14(19)18-16/h5-11,15H,4H2,1-3H3,(H,17,18,19). The molecule has 0 saturated heterocycles. The fraction of sp³-hybridized carbons (Fsp3) is 0.375. The van der Waals surface area contributed by atoms with Crippen molar-refractivity contribution in [3.63, 3.8) is 0 Å². The molecule has 0 spiro atoms. The van der Waals surface area contributed by atoms with Gasteiger partial charge in [-0.15, -0.1) is 0 Å². The second-order valence-electron chi connectivity index (χ2n) is 4.96. The third kappa shape index (κ3) is 3.33. The molecule has 1 atom stereocenters. The van der Waals surface area contributed by atoms with Gasteiger partial charge in [0.15, 0.2) is 0 Å². The summed E-state index contributed by atoms with van der Waals surface area (Å²) in [4.78, 5) is 19.1. The summed E-state index contributed by atoms with van der Waals surface area (Å²) < 4.78 is 5.77. The van der Waals surface area contributed by atoms with Gasteiger partial charge in [0.25, 0.3) is 5.56 Å². The SMILES string of the molecule is CCOC(c1ccccc1)c1nc(C(C)C)cc(=O)[nH]1. The molecule has 1 unspecified atom stereocenters. The Hall–Kier alpha value is -1.94. The maximum atomic E-state index is 11.8. The molecule has 4 heteroatoms. The van der Waals surface area contributed by atoms with Crippen molar-refractivity contribution < 1.29 is 4.74 Å². The molecular formula is C16H20N2O2. The largest absolute Gasteiger partial charge is 0.366 e. The first kappa shape index (κ1) is 14.5. The lowest BCUT2D eigenvalue weighted by molar-refractivity contribution is 0.0847. The molecule has 2 aromatic rings. The Morgan fingerprint density at radius 2 is 1.95 bits per heavy atom. The smallest absolute Gasteiger partial charge is 0.251 e. The Balaban J connectivity index is 2.47. The Kier molecular flexibility index (Phi) is 4.69. The van der Waals surface area contributed by atoms with Gasteiger partial charge >= 0.3 is 0 Å². The number of ether oxygens (including phenoxy) is 1. The molecule has 0 aliphatic rings. The molecule has 1 N–H and O–H groups in total. The second-order valence-corrected chi connectivity index (χ2v) is 4.96. The zero-order valence-electron chi connectivity index (χ0n) is 12.1. The zero-order chi connectivity index (χ0) is 14.5. The minimum atomic E-state index is -0.340. The molecule has 0 aliphatic carbocycles. The van der Waals surface area contributed by atoms with Gasteiger partial charge in [-0.2, -0.15) is 0 Å². The number of aromatic amines is 1. The zero-order valence-corrected chi connectivity index (χ0v) is 12.1. The first-order chi connectivity index (χ1) is 9.61. The van der Waals surface area contributed by atoms with Crippen LogP contribution in [0.15, 0.2) is 41.2 Å². The summed E-state index contributed by atoms with van der Waals surface area (Å²) >= 11 is 0. The van der Waals surface area contributed by atoms with Crippen molar-refractivity contribution in [2.75, 3.05) is 6.61 Å². The lowest BCUT2D eigenvalue weighted by Gasteiger charge is -2.17. The predicted molar refractivity (Wildman–Crippen MR) is 78.9 cm³/mol. The van der Waals surface area contributed by atoms with E-state index in [9.17, 15) is 4.79 Å². The first-order valence-electron chi connectivity index (χ1n) is 6.89. The van der Waals surface area contributed by atoms with E-state index >= 15 is 0 Å². The quantitative estimate of drug-likeness (QED) is 0.910. The van der Waals surface area contributed by atoms with Crippen LogP contribution in [0.5, 0.6) is 0 Å². The minimum Gasteiger partial charge on any atom is -0.366 e. The highest BCUT2D eigenvalue weighted by molar-refractivity contribution is 5.23. The van der Waals surface area contributed by atoms with Crippen LogP contribution in [0.4, 0.5) is 0 Å². The molecule has 0 fully saturated rings. The topological polar surface area (TPSA) is 55.0 Å². The normalized spacial score (nSPS) is 12.6. The Morgan fingerprint density at radius 3 is 2.55 bits per heavy atom. The van der Waals surface area contributed by atoms with Crippen molar-refractivity contribution in [1.29, 1.82) is 0 Å². The van der Waals surface area contributed by atoms with Crippen LogP contribution < -0.4 is 5.56 Å². The molecule has 1 aromatic heterocycles. The van der Waals surface area contributed by atoms with E-state index in [1.165, 1.54) is 0 Å². The summed E-state index contributed by atoms with van der Waals surface area (Å²) in [6, 6.07) is 11.3. The van der Waals surface area contributed by atoms with Gasteiger partial charge < -0.3 is 9.72 Å². The van der Waals surface area contributed by atoms with Gasteiger partial charge in [0, 0.05) is 12.7 Å². The van der Waals surface area contributed by atoms with Crippen LogP contribution in [0.25, 0.3) is 0 Å². The van der Waals surface area contributed by atoms with Crippen molar-refractivity contribution in [3.05, 3.63) is 63.8 Å². The van der Waals surface area contributed by atoms with E-state index < -0.39 is 0 Å². The fourth-order valence-electron chi connectivity index (χ4n) is 2.04. The molecule has 1 heterocycles. The number of benzene rings is 1. The third-order valence-corrected chi connectivity index (χ3v) is 3.06. The summed E-state index contributed by atoms with van der Waals surface area (Å²) in [6.07, 6.45) is -0.340. The van der Waals surface area contributed by atoms with Crippen molar-refractivity contribution in [1.82, 2.24) is 9.97 Å². The van der Waals surface area contributed by atoms with E-state index in [2.05, 4.69) is 9.97 Å². The molecule has 0 bridgehead atoms. The van der Waals surface area contributed by atoms with Gasteiger partial charge in [-0.1, -0.05) is 44.2 Å². The Labute approximate surface area is 118 Å². The van der Waals surface area contributed by atoms with Gasteiger partial charge in [0.1, 0.15) is 11.9 Å². The van der Waals surface area contributed by atoms with E-state index in [4.69, 9.17) is 4.74 Å². The molecule has 4 nitrogen and oxygen atoms in total. The second kappa shape index (κ2) is 6.48. The van der Waals surface area contributed by atoms with Gasteiger partial charge in [-0.25, -0.2) is 4.98 Å². The molecule has 2 rings (SSSR count). The molecule has 0 radical (unpaired) electrons. The number of rotatable bonds is 5. The number of nitrogens with one attached hydrogen (secondary N) is 1. The number of hydrogen-bond donors (Lipinski definition) is 1. The molecule has 20 heavy (non-hydrogen) atoms. The van der Waals surface area contributed by atoms with Gasteiger partial charge in [0.2, 0.25) is 0 Å². The van der Waals surface area contributed by atoms with E-state index in [0.29, 0.717) is 12.4 Å². The minimum absolute atomic E-state index is 0.140. The Morgan fingerprint density at radius 1 is 1.25 bits per heavy atom. The average Bonchev–Trinajstić information content (AvgIpc) is 2.45. The number of aromatic nitrogens is 2. The van der Waals surface area contributed by atoms with E-state index in [0.717, 1.165) is 11.3 Å². The maximum absolute atomic E-state index is 11.8. The molecular weight excluding hydrogens is 252 g/mol. The van der Waals surface area contributed by atoms with Crippen LogP contribution in [0.1, 0.15) is 49.9 Å². The van der Waals surface area contributed by atoms with Crippen molar-refractivity contribution in [3.8, 4) is 0 Å². The average molecular weight is 272 g/mol. The van der Waals surface area contributed by atoms with E-state index in [1.54, 1.807) is 6.07 Å². The van der Waals surface area contributed by atoms with Crippen LogP contribution >= 0.6 is 0 Å². The lowest BCUT2D eigenvalue weighted by Crippen LogP contribution is -2.18. The highest BCUT2D eigenvalue weighted by atomic mass is 16.5. The summed E-state index contributed by atoms with van der Waals surface area (Å²) in [5.41, 5.74) is 1.63. The Bertz CT molecular complexity index is 605. The van der Waals surface area contributed by atoms with Gasteiger partial charge in [-0.05, 0) is 18.4 Å². The number of H-pyrrole nitrogens is 1. The van der Waals surface area contributed by atoms with Crippen molar-refractivity contribution >= 4 is 0 Å². The summed E-state index contributed by atoms with van der Waals surface area (Å²) in [6.45, 7) is 6.52. The molecule has 0 aliphatic heterocycles. The molecule has 0 amide bonds. The van der Waals surface area contributed by atoms with Gasteiger partial charge in [-0.3, -0.25) is 4.79 Å². The predicted octanol–water partition coefficient (Wildman–Crippen LogP) is 3.02. The van der Waals surface area contributed by atoms with E-state index in [1.807, 2.05) is 51.1 Å². The molecule has 1 aromatic carbocycles. The monoisotopic (exact) mass is 272 g/mol. The number of nitrogens with zero attached hydrogens (tertiary/aromatic N) is 1. The molecule has 106 valence electrons. The number of hydrogen-bond acceptors (Lipinski definition) is 3. The van der Waals surface area contributed by atoms with Crippen molar-refractivity contribution in [2.45, 2.75) is 32.8 Å². The summed E-state index contributed by atoms with van der Waals surface area (Å²) in [5.74, 6) is 0.767. The summed E-state index contributed by atoms with van der Waals surface area (Å²) in [7, 11) is 0. The van der Waals surface area contributed by atoms with Crippen LogP contribution in [-0.2, 0) is 4.74 Å².